The molecule has 0 bridgehead atoms. The van der Waals surface area contributed by atoms with Gasteiger partial charge in [-0.1, -0.05) is 24.3 Å². The second-order valence-corrected chi connectivity index (χ2v) is 7.15. The van der Waals surface area contributed by atoms with Crippen LogP contribution in [-0.4, -0.2) is 56.3 Å². The molecule has 29 heavy (non-hydrogen) atoms. The van der Waals surface area contributed by atoms with E-state index in [0.29, 0.717) is 44.2 Å². The number of benzene rings is 2. The van der Waals surface area contributed by atoms with E-state index in [1.54, 1.807) is 14.2 Å². The molecule has 1 aromatic heterocycles. The molecule has 3 aromatic rings. The minimum absolute atomic E-state index is 0.0960. The summed E-state index contributed by atoms with van der Waals surface area (Å²) in [6.45, 7) is 2.48. The molecule has 1 fully saturated rings. The molecule has 2 heterocycles. The molecular formula is C23H26N2O4. The molecule has 1 saturated heterocycles. The molecule has 1 N–H and O–H groups in total. The molecule has 1 amide bonds. The zero-order valence-corrected chi connectivity index (χ0v) is 16.8. The summed E-state index contributed by atoms with van der Waals surface area (Å²) in [5.74, 6) is 1.38. The molecule has 0 unspecified atom stereocenters. The topological polar surface area (TPSA) is 63.8 Å². The molecule has 1 aliphatic heterocycles. The Bertz CT molecular complexity index is 991. The first-order chi connectivity index (χ1) is 14.2. The summed E-state index contributed by atoms with van der Waals surface area (Å²) in [5, 5.41) is 1.13. The van der Waals surface area contributed by atoms with Crippen LogP contribution >= 0.6 is 0 Å². The van der Waals surface area contributed by atoms with Gasteiger partial charge in [0.1, 0.15) is 0 Å². The predicted molar refractivity (Wildman–Crippen MR) is 112 cm³/mol. The first-order valence-corrected chi connectivity index (χ1v) is 9.84. The number of methoxy groups -OCH3 is 2. The van der Waals surface area contributed by atoms with Crippen LogP contribution in [0.15, 0.2) is 48.7 Å². The molecule has 152 valence electrons. The van der Waals surface area contributed by atoms with Crippen LogP contribution in [0.5, 0.6) is 11.5 Å². The first-order valence-electron chi connectivity index (χ1n) is 9.84. The maximum absolute atomic E-state index is 13.1. The van der Waals surface area contributed by atoms with Crippen molar-refractivity contribution in [2.45, 2.75) is 12.3 Å². The van der Waals surface area contributed by atoms with Crippen molar-refractivity contribution in [2.24, 2.45) is 0 Å². The second kappa shape index (κ2) is 8.57. The molecule has 2 aromatic carbocycles. The van der Waals surface area contributed by atoms with Crippen LogP contribution in [0.25, 0.3) is 10.9 Å². The van der Waals surface area contributed by atoms with Crippen molar-refractivity contribution in [3.8, 4) is 11.5 Å². The van der Waals surface area contributed by atoms with Crippen molar-refractivity contribution >= 4 is 16.8 Å². The first kappa shape index (κ1) is 19.3. The number of hydrogen-bond donors (Lipinski definition) is 1. The number of nitrogens with zero attached hydrogens (tertiary/aromatic N) is 1. The van der Waals surface area contributed by atoms with E-state index in [-0.39, 0.29) is 11.8 Å². The number of H-pyrrole nitrogens is 1. The minimum Gasteiger partial charge on any atom is -0.493 e. The smallest absolute Gasteiger partial charge is 0.223 e. The maximum atomic E-state index is 13.1. The summed E-state index contributed by atoms with van der Waals surface area (Å²) < 4.78 is 16.3. The summed E-state index contributed by atoms with van der Waals surface area (Å²) >= 11 is 0. The number of rotatable bonds is 6. The summed E-state index contributed by atoms with van der Waals surface area (Å²) in [7, 11) is 3.25. The SMILES string of the molecule is COc1ccc([C@H](CC(=O)N2CCOCC2)c2c[nH]c3ccccc23)cc1OC. The average Bonchev–Trinajstić information content (AvgIpc) is 3.21. The van der Waals surface area contributed by atoms with Gasteiger partial charge in [-0.25, -0.2) is 0 Å². The van der Waals surface area contributed by atoms with Gasteiger partial charge < -0.3 is 24.1 Å². The molecule has 4 rings (SSSR count). The number of hydrogen-bond acceptors (Lipinski definition) is 4. The molecule has 0 radical (unpaired) electrons. The molecule has 6 heteroatoms. The Morgan fingerprint density at radius 1 is 1.10 bits per heavy atom. The van der Waals surface area contributed by atoms with Gasteiger partial charge in [-0.05, 0) is 29.3 Å². The zero-order chi connectivity index (χ0) is 20.2. The number of para-hydroxylation sites is 1. The molecule has 0 saturated carbocycles. The van der Waals surface area contributed by atoms with E-state index in [9.17, 15) is 4.79 Å². The lowest BCUT2D eigenvalue weighted by molar-refractivity contribution is -0.135. The maximum Gasteiger partial charge on any atom is 0.223 e. The number of carbonyl (C=O) groups excluding carboxylic acids is 1. The third-order valence-corrected chi connectivity index (χ3v) is 5.55. The number of aromatic nitrogens is 1. The van der Waals surface area contributed by atoms with Crippen LogP contribution in [0, 0.1) is 0 Å². The predicted octanol–water partition coefficient (Wildman–Crippen LogP) is 3.57. The van der Waals surface area contributed by atoms with Gasteiger partial charge in [0, 0.05) is 42.5 Å². The van der Waals surface area contributed by atoms with Gasteiger partial charge >= 0.3 is 0 Å². The van der Waals surface area contributed by atoms with E-state index in [2.05, 4.69) is 11.1 Å². The highest BCUT2D eigenvalue weighted by Crippen LogP contribution is 2.38. The third kappa shape index (κ3) is 3.93. The standard InChI is InChI=1S/C23H26N2O4/c1-27-21-8-7-16(13-22(21)28-2)18(14-23(26)25-9-11-29-12-10-25)19-15-24-20-6-4-3-5-17(19)20/h3-8,13,15,18,24H,9-12,14H2,1-2H3/t18-/m0/s1. The van der Waals surface area contributed by atoms with Crippen LogP contribution in [0.1, 0.15) is 23.5 Å². The van der Waals surface area contributed by atoms with Crippen LogP contribution in [0.3, 0.4) is 0 Å². The van der Waals surface area contributed by atoms with E-state index in [4.69, 9.17) is 14.2 Å². The Kier molecular flexibility index (Phi) is 5.71. The van der Waals surface area contributed by atoms with Gasteiger partial charge in [-0.2, -0.15) is 0 Å². The van der Waals surface area contributed by atoms with Gasteiger partial charge in [0.05, 0.1) is 27.4 Å². The molecular weight excluding hydrogens is 368 g/mol. The third-order valence-electron chi connectivity index (χ3n) is 5.55. The lowest BCUT2D eigenvalue weighted by Gasteiger charge is -2.29. The largest absolute Gasteiger partial charge is 0.493 e. The Labute approximate surface area is 170 Å². The van der Waals surface area contributed by atoms with Crippen LogP contribution in [0.2, 0.25) is 0 Å². The highest BCUT2D eigenvalue weighted by molar-refractivity contribution is 5.86. The van der Waals surface area contributed by atoms with Crippen molar-refractivity contribution in [1.82, 2.24) is 9.88 Å². The summed E-state index contributed by atoms with van der Waals surface area (Å²) in [5.41, 5.74) is 3.19. The highest BCUT2D eigenvalue weighted by atomic mass is 16.5. The van der Waals surface area contributed by atoms with Gasteiger partial charge in [0.25, 0.3) is 0 Å². The fraction of sp³-hybridized carbons (Fsp3) is 0.348. The fourth-order valence-corrected chi connectivity index (χ4v) is 3.98. The average molecular weight is 394 g/mol. The van der Waals surface area contributed by atoms with Crippen LogP contribution in [0.4, 0.5) is 0 Å². The monoisotopic (exact) mass is 394 g/mol. The van der Waals surface area contributed by atoms with E-state index >= 15 is 0 Å². The number of nitrogens with one attached hydrogen (secondary N) is 1. The number of ether oxygens (including phenoxy) is 3. The second-order valence-electron chi connectivity index (χ2n) is 7.15. The molecule has 1 aliphatic rings. The van der Waals surface area contributed by atoms with Crippen molar-refractivity contribution in [2.75, 3.05) is 40.5 Å². The molecule has 1 atom stereocenters. The van der Waals surface area contributed by atoms with Crippen molar-refractivity contribution in [3.63, 3.8) is 0 Å². The molecule has 0 spiro atoms. The highest BCUT2D eigenvalue weighted by Gasteiger charge is 2.26. The Morgan fingerprint density at radius 2 is 1.86 bits per heavy atom. The van der Waals surface area contributed by atoms with E-state index < -0.39 is 0 Å². The molecule has 0 aliphatic carbocycles. The number of aromatic amines is 1. The van der Waals surface area contributed by atoms with Gasteiger partial charge in [0.2, 0.25) is 5.91 Å². The Balaban J connectivity index is 1.73. The quantitative estimate of drug-likeness (QED) is 0.694. The minimum atomic E-state index is -0.0960. The van der Waals surface area contributed by atoms with Gasteiger partial charge in [-0.15, -0.1) is 0 Å². The number of fused-ring (bicyclic) bond motifs is 1. The van der Waals surface area contributed by atoms with Crippen molar-refractivity contribution < 1.29 is 19.0 Å². The lowest BCUT2D eigenvalue weighted by atomic mass is 9.87. The summed E-state index contributed by atoms with van der Waals surface area (Å²) in [6, 6.07) is 14.1. The lowest BCUT2D eigenvalue weighted by Crippen LogP contribution is -2.41. The number of carbonyl (C=O) groups is 1. The Hall–Kier alpha value is -2.99. The Morgan fingerprint density at radius 3 is 2.62 bits per heavy atom. The van der Waals surface area contributed by atoms with Crippen molar-refractivity contribution in [1.29, 1.82) is 0 Å². The van der Waals surface area contributed by atoms with E-state index in [0.717, 1.165) is 22.0 Å². The van der Waals surface area contributed by atoms with Crippen LogP contribution < -0.4 is 9.47 Å². The fourth-order valence-electron chi connectivity index (χ4n) is 3.98. The number of amides is 1. The van der Waals surface area contributed by atoms with Crippen molar-refractivity contribution in [3.05, 3.63) is 59.8 Å². The zero-order valence-electron chi connectivity index (χ0n) is 16.8. The molecule has 6 nitrogen and oxygen atoms in total. The number of morpholine rings is 1. The van der Waals surface area contributed by atoms with Gasteiger partial charge in [-0.3, -0.25) is 4.79 Å². The summed E-state index contributed by atoms with van der Waals surface area (Å²) in [4.78, 5) is 18.3. The van der Waals surface area contributed by atoms with E-state index in [1.165, 1.54) is 0 Å². The van der Waals surface area contributed by atoms with E-state index in [1.807, 2.05) is 47.5 Å². The summed E-state index contributed by atoms with van der Waals surface area (Å²) in [6.07, 6.45) is 2.40. The van der Waals surface area contributed by atoms with Crippen LogP contribution in [-0.2, 0) is 9.53 Å². The van der Waals surface area contributed by atoms with Gasteiger partial charge in [0.15, 0.2) is 11.5 Å². The normalized spacial score (nSPS) is 15.3.